The average molecular weight is 324 g/mol. The van der Waals surface area contributed by atoms with E-state index in [1.807, 2.05) is 6.92 Å². The fourth-order valence-corrected chi connectivity index (χ4v) is 2.19. The summed E-state index contributed by atoms with van der Waals surface area (Å²) in [6, 6.07) is 10.5. The lowest BCUT2D eigenvalue weighted by atomic mass is 10.1. The molecule has 0 radical (unpaired) electrons. The maximum absolute atomic E-state index is 12.0. The number of aryl methyl sites for hydroxylation is 1. The number of non-ortho nitro benzene ring substituents is 1. The standard InChI is InChI=1S/C17H12N2O5/c1-10-2-7-16-13(8-10)18-14(17(21)24-16)9-15(20)11-3-5-12(6-4-11)19(22)23/h2-9,20H,1H3. The lowest BCUT2D eigenvalue weighted by Crippen LogP contribution is -2.06. The van der Waals surface area contributed by atoms with E-state index < -0.39 is 10.5 Å². The zero-order valence-corrected chi connectivity index (χ0v) is 12.6. The Bertz CT molecular complexity index is 1020. The van der Waals surface area contributed by atoms with E-state index in [1.54, 1.807) is 18.2 Å². The molecule has 0 unspecified atom stereocenters. The zero-order chi connectivity index (χ0) is 17.3. The van der Waals surface area contributed by atoms with Crippen molar-refractivity contribution >= 4 is 28.6 Å². The Hall–Kier alpha value is -3.48. The maximum Gasteiger partial charge on any atom is 0.362 e. The Labute approximate surface area is 135 Å². The molecule has 0 saturated carbocycles. The van der Waals surface area contributed by atoms with Crippen molar-refractivity contribution in [3.63, 3.8) is 0 Å². The third-order valence-electron chi connectivity index (χ3n) is 3.41. The Morgan fingerprint density at radius 1 is 1.25 bits per heavy atom. The summed E-state index contributed by atoms with van der Waals surface area (Å²) in [5.41, 5.74) is 1.31. The molecule has 0 aliphatic carbocycles. The van der Waals surface area contributed by atoms with Crippen molar-refractivity contribution in [2.45, 2.75) is 6.92 Å². The Morgan fingerprint density at radius 3 is 2.62 bits per heavy atom. The summed E-state index contributed by atoms with van der Waals surface area (Å²) in [5.74, 6) is -0.239. The molecule has 0 aliphatic heterocycles. The van der Waals surface area contributed by atoms with Gasteiger partial charge in [-0.05, 0) is 36.8 Å². The summed E-state index contributed by atoms with van der Waals surface area (Å²) in [6.45, 7) is 1.89. The fraction of sp³-hybridized carbons (Fsp3) is 0.0588. The summed E-state index contributed by atoms with van der Waals surface area (Å²) in [5, 5.41) is 20.8. The normalized spacial score (nSPS) is 11.6. The van der Waals surface area contributed by atoms with Crippen molar-refractivity contribution in [1.29, 1.82) is 0 Å². The Balaban J connectivity index is 2.03. The van der Waals surface area contributed by atoms with Crippen LogP contribution in [0.2, 0.25) is 0 Å². The zero-order valence-electron chi connectivity index (χ0n) is 12.6. The molecule has 24 heavy (non-hydrogen) atoms. The van der Waals surface area contributed by atoms with Gasteiger partial charge in [0.05, 0.1) is 4.92 Å². The molecule has 0 bridgehead atoms. The highest BCUT2D eigenvalue weighted by atomic mass is 16.6. The summed E-state index contributed by atoms with van der Waals surface area (Å²) >= 11 is 0. The molecule has 0 atom stereocenters. The van der Waals surface area contributed by atoms with E-state index in [2.05, 4.69) is 4.98 Å². The molecule has 0 spiro atoms. The molecule has 0 amide bonds. The quantitative estimate of drug-likeness (QED) is 0.449. The van der Waals surface area contributed by atoms with Crippen LogP contribution in [0.25, 0.3) is 22.9 Å². The summed E-state index contributed by atoms with van der Waals surface area (Å²) in [7, 11) is 0. The van der Waals surface area contributed by atoms with Gasteiger partial charge in [-0.15, -0.1) is 0 Å². The van der Waals surface area contributed by atoms with Gasteiger partial charge in [-0.25, -0.2) is 9.78 Å². The van der Waals surface area contributed by atoms with Crippen molar-refractivity contribution in [3.8, 4) is 0 Å². The second kappa shape index (κ2) is 5.96. The van der Waals surface area contributed by atoms with Gasteiger partial charge >= 0.3 is 5.63 Å². The molecular weight excluding hydrogens is 312 g/mol. The minimum Gasteiger partial charge on any atom is -0.507 e. The van der Waals surface area contributed by atoms with Crippen molar-refractivity contribution in [3.05, 3.63) is 79.8 Å². The molecule has 3 aromatic rings. The Kier molecular flexibility index (Phi) is 3.83. The highest BCUT2D eigenvalue weighted by Crippen LogP contribution is 2.19. The van der Waals surface area contributed by atoms with Crippen LogP contribution in [0, 0.1) is 17.0 Å². The number of aromatic nitrogens is 1. The third-order valence-corrected chi connectivity index (χ3v) is 3.41. The van der Waals surface area contributed by atoms with Crippen LogP contribution in [0.1, 0.15) is 16.8 Å². The van der Waals surface area contributed by atoms with E-state index in [0.29, 0.717) is 16.7 Å². The van der Waals surface area contributed by atoms with Gasteiger partial charge in [-0.3, -0.25) is 10.1 Å². The van der Waals surface area contributed by atoms with Crippen molar-refractivity contribution in [2.24, 2.45) is 0 Å². The molecule has 0 aliphatic rings. The first-order valence-electron chi connectivity index (χ1n) is 7.01. The smallest absolute Gasteiger partial charge is 0.362 e. The molecule has 1 heterocycles. The van der Waals surface area contributed by atoms with Crippen LogP contribution < -0.4 is 5.63 Å². The fourth-order valence-electron chi connectivity index (χ4n) is 2.19. The second-order valence-electron chi connectivity index (χ2n) is 5.19. The maximum atomic E-state index is 12.0. The van der Waals surface area contributed by atoms with Crippen LogP contribution in [-0.2, 0) is 0 Å². The van der Waals surface area contributed by atoms with E-state index >= 15 is 0 Å². The Morgan fingerprint density at radius 2 is 1.96 bits per heavy atom. The third kappa shape index (κ3) is 3.00. The van der Waals surface area contributed by atoms with Crippen molar-refractivity contribution < 1.29 is 14.4 Å². The van der Waals surface area contributed by atoms with Gasteiger partial charge in [0.15, 0.2) is 11.3 Å². The molecule has 3 rings (SSSR count). The lowest BCUT2D eigenvalue weighted by Gasteiger charge is -2.02. The number of nitrogens with zero attached hydrogens (tertiary/aromatic N) is 2. The van der Waals surface area contributed by atoms with Gasteiger partial charge < -0.3 is 9.52 Å². The monoisotopic (exact) mass is 324 g/mol. The summed E-state index contributed by atoms with van der Waals surface area (Å²) < 4.78 is 5.17. The number of aliphatic hydroxyl groups is 1. The minimum absolute atomic E-state index is 0.0519. The van der Waals surface area contributed by atoms with Crippen LogP contribution in [0.4, 0.5) is 5.69 Å². The van der Waals surface area contributed by atoms with Crippen molar-refractivity contribution in [1.82, 2.24) is 4.98 Å². The van der Waals surface area contributed by atoms with Gasteiger partial charge in [0.25, 0.3) is 5.69 Å². The first-order valence-corrected chi connectivity index (χ1v) is 7.01. The SMILES string of the molecule is Cc1ccc2oc(=O)c(C=C(O)c3ccc([N+](=O)[O-])cc3)nc2c1. The average Bonchev–Trinajstić information content (AvgIpc) is 2.56. The van der Waals surface area contributed by atoms with Gasteiger partial charge in [0.1, 0.15) is 11.3 Å². The first kappa shape index (κ1) is 15.4. The summed E-state index contributed by atoms with van der Waals surface area (Å²) in [4.78, 5) is 26.2. The minimum atomic E-state index is -0.681. The number of hydrogen-bond acceptors (Lipinski definition) is 6. The van der Waals surface area contributed by atoms with E-state index in [9.17, 15) is 20.0 Å². The van der Waals surface area contributed by atoms with E-state index in [-0.39, 0.29) is 17.1 Å². The predicted molar refractivity (Wildman–Crippen MR) is 88.6 cm³/mol. The van der Waals surface area contributed by atoms with Gasteiger partial charge in [-0.2, -0.15) is 0 Å². The number of nitro groups is 1. The highest BCUT2D eigenvalue weighted by Gasteiger charge is 2.09. The van der Waals surface area contributed by atoms with Gasteiger partial charge in [-0.1, -0.05) is 6.07 Å². The van der Waals surface area contributed by atoms with E-state index in [0.717, 1.165) is 5.56 Å². The highest BCUT2D eigenvalue weighted by molar-refractivity contribution is 5.78. The second-order valence-corrected chi connectivity index (χ2v) is 5.19. The van der Waals surface area contributed by atoms with Gasteiger partial charge in [0, 0.05) is 23.8 Å². The van der Waals surface area contributed by atoms with Crippen LogP contribution in [0.3, 0.4) is 0 Å². The number of nitro benzene ring substituents is 1. The number of fused-ring (bicyclic) bond motifs is 1. The number of rotatable bonds is 3. The molecule has 7 heteroatoms. The summed E-state index contributed by atoms with van der Waals surface area (Å²) in [6.07, 6.45) is 1.18. The molecule has 0 fully saturated rings. The molecule has 120 valence electrons. The number of aliphatic hydroxyl groups excluding tert-OH is 1. The van der Waals surface area contributed by atoms with Crippen LogP contribution in [0.15, 0.2) is 51.7 Å². The van der Waals surface area contributed by atoms with E-state index in [1.165, 1.54) is 30.3 Å². The molecule has 1 aromatic heterocycles. The molecule has 0 saturated heterocycles. The molecule has 1 N–H and O–H groups in total. The largest absolute Gasteiger partial charge is 0.507 e. The predicted octanol–water partition coefficient (Wildman–Crippen LogP) is 3.46. The van der Waals surface area contributed by atoms with Crippen LogP contribution >= 0.6 is 0 Å². The van der Waals surface area contributed by atoms with Gasteiger partial charge in [0.2, 0.25) is 0 Å². The number of benzene rings is 2. The molecule has 7 nitrogen and oxygen atoms in total. The molecule has 2 aromatic carbocycles. The van der Waals surface area contributed by atoms with Crippen LogP contribution in [0.5, 0.6) is 0 Å². The lowest BCUT2D eigenvalue weighted by molar-refractivity contribution is -0.384. The molecular formula is C17H12N2O5. The van der Waals surface area contributed by atoms with Crippen LogP contribution in [-0.4, -0.2) is 15.0 Å². The van der Waals surface area contributed by atoms with E-state index in [4.69, 9.17) is 4.42 Å². The van der Waals surface area contributed by atoms with Crippen molar-refractivity contribution in [2.75, 3.05) is 0 Å². The number of hydrogen-bond donors (Lipinski definition) is 1. The first-order chi connectivity index (χ1) is 11.4. The topological polar surface area (TPSA) is 106 Å².